The number of aliphatic hydroxyl groups excluding tert-OH is 1. The van der Waals surface area contributed by atoms with Crippen LogP contribution in [-0.4, -0.2) is 17.4 Å². The third-order valence-corrected chi connectivity index (χ3v) is 3.28. The van der Waals surface area contributed by atoms with E-state index in [0.29, 0.717) is 19.3 Å². The van der Waals surface area contributed by atoms with Crippen molar-refractivity contribution >= 4 is 0 Å². The molecule has 16 heavy (non-hydrogen) atoms. The maximum atomic E-state index is 12.5. The first-order valence-corrected chi connectivity index (χ1v) is 5.70. The molecule has 0 saturated heterocycles. The molecule has 1 fully saturated rings. The third-order valence-electron chi connectivity index (χ3n) is 3.28. The topological polar surface area (TPSA) is 20.2 Å². The highest BCUT2D eigenvalue weighted by Crippen LogP contribution is 2.41. The van der Waals surface area contributed by atoms with E-state index in [4.69, 9.17) is 0 Å². The highest BCUT2D eigenvalue weighted by atomic mass is 19.4. The molecule has 1 N–H and O–H groups in total. The molecule has 1 nitrogen and oxygen atoms in total. The Balaban J connectivity index is 2.53. The van der Waals surface area contributed by atoms with Gasteiger partial charge in [-0.05, 0) is 38.5 Å². The fourth-order valence-electron chi connectivity index (χ4n) is 2.40. The minimum atomic E-state index is -4.11. The molecule has 0 spiro atoms. The molecule has 0 amide bonds. The average Bonchev–Trinajstić information content (AvgIpc) is 2.15. The molecule has 0 aromatic heterocycles. The lowest BCUT2D eigenvalue weighted by atomic mass is 9.77. The molecule has 0 bridgehead atoms. The second-order valence-corrected chi connectivity index (χ2v) is 4.89. The molecule has 3 atom stereocenters. The monoisotopic (exact) mass is 236 g/mol. The lowest BCUT2D eigenvalue weighted by Gasteiger charge is -2.33. The first-order valence-electron chi connectivity index (χ1n) is 5.70. The molecule has 1 rings (SSSR count). The Morgan fingerprint density at radius 1 is 1.44 bits per heavy atom. The predicted octanol–water partition coefficient (Wildman–Crippen LogP) is 3.68. The van der Waals surface area contributed by atoms with Crippen LogP contribution in [0.4, 0.5) is 13.2 Å². The highest BCUT2D eigenvalue weighted by Gasteiger charge is 2.43. The number of halogens is 3. The van der Waals surface area contributed by atoms with E-state index in [2.05, 4.69) is 6.58 Å². The van der Waals surface area contributed by atoms with E-state index in [-0.39, 0.29) is 18.8 Å². The van der Waals surface area contributed by atoms with Gasteiger partial charge in [0.25, 0.3) is 0 Å². The van der Waals surface area contributed by atoms with Crippen molar-refractivity contribution in [1.82, 2.24) is 0 Å². The first kappa shape index (κ1) is 13.6. The summed E-state index contributed by atoms with van der Waals surface area (Å²) in [7, 11) is 0. The van der Waals surface area contributed by atoms with E-state index in [1.807, 2.05) is 0 Å². The second kappa shape index (κ2) is 5.21. The minimum absolute atomic E-state index is 0.0674. The molecule has 94 valence electrons. The first-order chi connectivity index (χ1) is 7.30. The van der Waals surface area contributed by atoms with Crippen molar-refractivity contribution in [2.75, 3.05) is 0 Å². The minimum Gasteiger partial charge on any atom is -0.393 e. The number of hydrogen-bond acceptors (Lipinski definition) is 1. The van der Waals surface area contributed by atoms with Gasteiger partial charge in [-0.15, -0.1) is 6.58 Å². The SMILES string of the molecule is C=C(C)CC(O)C1CCCC(C(F)(F)F)C1. The molecule has 3 unspecified atom stereocenters. The molecule has 0 aromatic carbocycles. The van der Waals surface area contributed by atoms with Crippen LogP contribution >= 0.6 is 0 Å². The van der Waals surface area contributed by atoms with Gasteiger partial charge in [0, 0.05) is 0 Å². The Kier molecular flexibility index (Phi) is 4.42. The molecular weight excluding hydrogens is 217 g/mol. The van der Waals surface area contributed by atoms with Crippen molar-refractivity contribution in [2.45, 2.75) is 51.3 Å². The third kappa shape index (κ3) is 3.81. The number of alkyl halides is 3. The van der Waals surface area contributed by atoms with Crippen LogP contribution in [0.15, 0.2) is 12.2 Å². The quantitative estimate of drug-likeness (QED) is 0.741. The van der Waals surface area contributed by atoms with Crippen molar-refractivity contribution in [3.05, 3.63) is 12.2 Å². The smallest absolute Gasteiger partial charge is 0.391 e. The number of rotatable bonds is 3. The lowest BCUT2D eigenvalue weighted by Crippen LogP contribution is -2.33. The van der Waals surface area contributed by atoms with Crippen LogP contribution in [0.25, 0.3) is 0 Å². The largest absolute Gasteiger partial charge is 0.393 e. The maximum absolute atomic E-state index is 12.5. The Labute approximate surface area is 94.3 Å². The molecular formula is C12H19F3O. The number of aliphatic hydroxyl groups is 1. The van der Waals surface area contributed by atoms with Crippen LogP contribution in [-0.2, 0) is 0 Å². The molecule has 0 aliphatic heterocycles. The van der Waals surface area contributed by atoms with Gasteiger partial charge in [-0.1, -0.05) is 12.0 Å². The summed E-state index contributed by atoms with van der Waals surface area (Å²) in [5, 5.41) is 9.80. The van der Waals surface area contributed by atoms with Crippen LogP contribution in [0.3, 0.4) is 0 Å². The van der Waals surface area contributed by atoms with Gasteiger partial charge in [0.2, 0.25) is 0 Å². The zero-order valence-corrected chi connectivity index (χ0v) is 9.56. The van der Waals surface area contributed by atoms with Crippen molar-refractivity contribution in [2.24, 2.45) is 11.8 Å². The fourth-order valence-corrected chi connectivity index (χ4v) is 2.40. The molecule has 1 aliphatic rings. The summed E-state index contributed by atoms with van der Waals surface area (Å²) in [6, 6.07) is 0. The van der Waals surface area contributed by atoms with Gasteiger partial charge in [-0.2, -0.15) is 13.2 Å². The Morgan fingerprint density at radius 2 is 2.06 bits per heavy atom. The van der Waals surface area contributed by atoms with E-state index in [0.717, 1.165) is 5.57 Å². The van der Waals surface area contributed by atoms with Crippen molar-refractivity contribution < 1.29 is 18.3 Å². The molecule has 0 radical (unpaired) electrons. The summed E-state index contributed by atoms with van der Waals surface area (Å²) in [6.07, 6.45) is -2.83. The number of hydrogen-bond donors (Lipinski definition) is 1. The zero-order chi connectivity index (χ0) is 12.3. The van der Waals surface area contributed by atoms with E-state index in [1.165, 1.54) is 0 Å². The summed E-state index contributed by atoms with van der Waals surface area (Å²) in [5.41, 5.74) is 0.821. The highest BCUT2D eigenvalue weighted by molar-refractivity contribution is 4.93. The molecule has 1 aliphatic carbocycles. The van der Waals surface area contributed by atoms with Crippen LogP contribution in [0.5, 0.6) is 0 Å². The van der Waals surface area contributed by atoms with Crippen molar-refractivity contribution in [1.29, 1.82) is 0 Å². The van der Waals surface area contributed by atoms with Gasteiger partial charge < -0.3 is 5.11 Å². The average molecular weight is 236 g/mol. The molecule has 0 aromatic rings. The van der Waals surface area contributed by atoms with Crippen molar-refractivity contribution in [3.63, 3.8) is 0 Å². The lowest BCUT2D eigenvalue weighted by molar-refractivity contribution is -0.188. The Hall–Kier alpha value is -0.510. The molecule has 4 heteroatoms. The van der Waals surface area contributed by atoms with Gasteiger partial charge in [-0.3, -0.25) is 0 Å². The van der Waals surface area contributed by atoms with Crippen molar-refractivity contribution in [3.8, 4) is 0 Å². The van der Waals surface area contributed by atoms with Crippen LogP contribution in [0.1, 0.15) is 39.0 Å². The zero-order valence-electron chi connectivity index (χ0n) is 9.56. The van der Waals surface area contributed by atoms with E-state index < -0.39 is 18.2 Å². The molecule has 0 heterocycles. The van der Waals surface area contributed by atoms with Gasteiger partial charge in [0.05, 0.1) is 12.0 Å². The van der Waals surface area contributed by atoms with Gasteiger partial charge in [0.15, 0.2) is 0 Å². The van der Waals surface area contributed by atoms with E-state index in [9.17, 15) is 18.3 Å². The maximum Gasteiger partial charge on any atom is 0.391 e. The van der Waals surface area contributed by atoms with Gasteiger partial charge >= 0.3 is 6.18 Å². The fraction of sp³-hybridized carbons (Fsp3) is 0.833. The summed E-state index contributed by atoms with van der Waals surface area (Å²) in [5.74, 6) is -1.46. The normalized spacial score (nSPS) is 28.8. The Bertz CT molecular complexity index is 247. The summed E-state index contributed by atoms with van der Waals surface area (Å²) >= 11 is 0. The molecule has 1 saturated carbocycles. The van der Waals surface area contributed by atoms with Crippen LogP contribution < -0.4 is 0 Å². The standard InChI is InChI=1S/C12H19F3O/c1-8(2)6-11(16)9-4-3-5-10(7-9)12(13,14)15/h9-11,16H,1,3-7H2,2H3. The van der Waals surface area contributed by atoms with E-state index >= 15 is 0 Å². The van der Waals surface area contributed by atoms with Crippen LogP contribution in [0.2, 0.25) is 0 Å². The van der Waals surface area contributed by atoms with Crippen LogP contribution in [0, 0.1) is 11.8 Å². The predicted molar refractivity (Wildman–Crippen MR) is 56.9 cm³/mol. The summed E-state index contributed by atoms with van der Waals surface area (Å²) < 4.78 is 37.6. The van der Waals surface area contributed by atoms with Gasteiger partial charge in [0.1, 0.15) is 0 Å². The Morgan fingerprint density at radius 3 is 2.56 bits per heavy atom. The van der Waals surface area contributed by atoms with E-state index in [1.54, 1.807) is 6.92 Å². The summed E-state index contributed by atoms with van der Waals surface area (Å²) in [4.78, 5) is 0. The second-order valence-electron chi connectivity index (χ2n) is 4.89. The van der Waals surface area contributed by atoms with Gasteiger partial charge in [-0.25, -0.2) is 0 Å². The summed E-state index contributed by atoms with van der Waals surface area (Å²) in [6.45, 7) is 5.46.